The Morgan fingerprint density at radius 1 is 1.50 bits per heavy atom. The van der Waals surface area contributed by atoms with Crippen LogP contribution in [0.25, 0.3) is 0 Å². The first-order valence-electron chi connectivity index (χ1n) is 5.65. The Morgan fingerprint density at radius 3 is 3.19 bits per heavy atom. The summed E-state index contributed by atoms with van der Waals surface area (Å²) >= 11 is 5.93. The Kier molecular flexibility index (Phi) is 4.04. The standard InChI is InChI=1S/C12H17ClN2O/c13-10-2-3-12-9(6-10)7-11(16-12)8-15-5-1-4-14/h2-3,6,11,15H,1,4-5,7-8,14H2. The van der Waals surface area contributed by atoms with Gasteiger partial charge in [0.15, 0.2) is 0 Å². The molecule has 0 saturated carbocycles. The number of nitrogens with one attached hydrogen (secondary N) is 1. The lowest BCUT2D eigenvalue weighted by atomic mass is 10.1. The van der Waals surface area contributed by atoms with E-state index in [0.29, 0.717) is 0 Å². The van der Waals surface area contributed by atoms with Gasteiger partial charge in [0.25, 0.3) is 0 Å². The van der Waals surface area contributed by atoms with Crippen LogP contribution in [0.5, 0.6) is 5.75 Å². The highest BCUT2D eigenvalue weighted by molar-refractivity contribution is 6.30. The van der Waals surface area contributed by atoms with Crippen molar-refractivity contribution in [3.8, 4) is 5.75 Å². The van der Waals surface area contributed by atoms with Crippen molar-refractivity contribution in [2.75, 3.05) is 19.6 Å². The SMILES string of the molecule is NCCCNCC1Cc2cc(Cl)ccc2O1. The van der Waals surface area contributed by atoms with Crippen molar-refractivity contribution in [1.82, 2.24) is 5.32 Å². The van der Waals surface area contributed by atoms with Crippen LogP contribution in [-0.2, 0) is 6.42 Å². The molecular weight excluding hydrogens is 224 g/mol. The van der Waals surface area contributed by atoms with Crippen LogP contribution in [0.4, 0.5) is 0 Å². The van der Waals surface area contributed by atoms with E-state index in [9.17, 15) is 0 Å². The summed E-state index contributed by atoms with van der Waals surface area (Å²) in [6.07, 6.45) is 2.17. The molecule has 0 fully saturated rings. The average molecular weight is 241 g/mol. The fraction of sp³-hybridized carbons (Fsp3) is 0.500. The van der Waals surface area contributed by atoms with Crippen molar-refractivity contribution in [2.24, 2.45) is 5.73 Å². The normalized spacial score (nSPS) is 18.2. The Balaban J connectivity index is 1.81. The minimum absolute atomic E-state index is 0.228. The van der Waals surface area contributed by atoms with Gasteiger partial charge in [-0.25, -0.2) is 0 Å². The van der Waals surface area contributed by atoms with E-state index in [1.165, 1.54) is 5.56 Å². The number of ether oxygens (including phenoxy) is 1. The minimum Gasteiger partial charge on any atom is -0.488 e. The van der Waals surface area contributed by atoms with Crippen LogP contribution in [0.2, 0.25) is 5.02 Å². The molecule has 0 spiro atoms. The highest BCUT2D eigenvalue weighted by atomic mass is 35.5. The fourth-order valence-electron chi connectivity index (χ4n) is 1.89. The Morgan fingerprint density at radius 2 is 2.38 bits per heavy atom. The molecule has 1 heterocycles. The molecule has 88 valence electrons. The maximum atomic E-state index is 5.93. The van der Waals surface area contributed by atoms with E-state index in [4.69, 9.17) is 22.1 Å². The van der Waals surface area contributed by atoms with E-state index < -0.39 is 0 Å². The summed E-state index contributed by atoms with van der Waals surface area (Å²) in [5.74, 6) is 0.968. The van der Waals surface area contributed by atoms with Crippen LogP contribution in [0, 0.1) is 0 Å². The molecule has 1 atom stereocenters. The molecule has 1 aliphatic rings. The van der Waals surface area contributed by atoms with Crippen molar-refractivity contribution >= 4 is 11.6 Å². The van der Waals surface area contributed by atoms with Crippen LogP contribution in [0.1, 0.15) is 12.0 Å². The number of hydrogen-bond donors (Lipinski definition) is 2. The molecule has 1 aromatic carbocycles. The molecule has 0 aliphatic carbocycles. The summed E-state index contributed by atoms with van der Waals surface area (Å²) in [5.41, 5.74) is 6.63. The van der Waals surface area contributed by atoms with Crippen LogP contribution < -0.4 is 15.8 Å². The number of nitrogens with two attached hydrogens (primary N) is 1. The molecule has 2 rings (SSSR count). The molecule has 16 heavy (non-hydrogen) atoms. The Hall–Kier alpha value is -0.770. The van der Waals surface area contributed by atoms with E-state index in [1.807, 2.05) is 18.2 Å². The summed E-state index contributed by atoms with van der Waals surface area (Å²) in [5, 5.41) is 4.12. The maximum absolute atomic E-state index is 5.93. The molecule has 0 bridgehead atoms. The highest BCUT2D eigenvalue weighted by Gasteiger charge is 2.22. The number of benzene rings is 1. The molecule has 3 nitrogen and oxygen atoms in total. The molecule has 1 unspecified atom stereocenters. The van der Waals surface area contributed by atoms with Crippen molar-refractivity contribution in [2.45, 2.75) is 18.9 Å². The topological polar surface area (TPSA) is 47.3 Å². The molecule has 0 radical (unpaired) electrons. The number of hydrogen-bond acceptors (Lipinski definition) is 3. The van der Waals surface area contributed by atoms with Crippen molar-refractivity contribution < 1.29 is 4.74 Å². The number of rotatable bonds is 5. The van der Waals surface area contributed by atoms with Gasteiger partial charge in [0, 0.05) is 18.0 Å². The molecule has 1 aromatic rings. The predicted octanol–water partition coefficient (Wildman–Crippen LogP) is 1.58. The van der Waals surface area contributed by atoms with Gasteiger partial charge in [-0.1, -0.05) is 11.6 Å². The summed E-state index contributed by atoms with van der Waals surface area (Å²) in [6.45, 7) is 2.55. The molecular formula is C12H17ClN2O. The van der Waals surface area contributed by atoms with E-state index in [0.717, 1.165) is 43.2 Å². The van der Waals surface area contributed by atoms with Gasteiger partial charge in [0.1, 0.15) is 11.9 Å². The van der Waals surface area contributed by atoms with Crippen LogP contribution >= 0.6 is 11.6 Å². The molecule has 0 aromatic heterocycles. The smallest absolute Gasteiger partial charge is 0.123 e. The molecule has 0 amide bonds. The first-order valence-corrected chi connectivity index (χ1v) is 6.03. The highest BCUT2D eigenvalue weighted by Crippen LogP contribution is 2.30. The minimum atomic E-state index is 0.228. The molecule has 1 aliphatic heterocycles. The van der Waals surface area contributed by atoms with Crippen molar-refractivity contribution in [3.63, 3.8) is 0 Å². The largest absolute Gasteiger partial charge is 0.488 e. The second-order valence-electron chi connectivity index (χ2n) is 4.04. The van der Waals surface area contributed by atoms with Crippen molar-refractivity contribution in [3.05, 3.63) is 28.8 Å². The summed E-state index contributed by atoms with van der Waals surface area (Å²) in [4.78, 5) is 0. The van der Waals surface area contributed by atoms with Gasteiger partial charge in [0.05, 0.1) is 0 Å². The Bertz CT molecular complexity index is 357. The van der Waals surface area contributed by atoms with Gasteiger partial charge >= 0.3 is 0 Å². The van der Waals surface area contributed by atoms with E-state index in [-0.39, 0.29) is 6.10 Å². The summed E-state index contributed by atoms with van der Waals surface area (Å²) < 4.78 is 5.79. The van der Waals surface area contributed by atoms with Gasteiger partial charge in [-0.2, -0.15) is 0 Å². The molecule has 4 heteroatoms. The van der Waals surface area contributed by atoms with Gasteiger partial charge in [-0.15, -0.1) is 0 Å². The zero-order valence-corrected chi connectivity index (χ0v) is 9.96. The molecule has 3 N–H and O–H groups in total. The summed E-state index contributed by atoms with van der Waals surface area (Å²) in [6, 6.07) is 5.79. The average Bonchev–Trinajstić information content (AvgIpc) is 2.66. The van der Waals surface area contributed by atoms with Crippen LogP contribution in [-0.4, -0.2) is 25.7 Å². The van der Waals surface area contributed by atoms with Crippen LogP contribution in [0.3, 0.4) is 0 Å². The van der Waals surface area contributed by atoms with Gasteiger partial charge in [-0.3, -0.25) is 0 Å². The third kappa shape index (κ3) is 2.88. The lowest BCUT2D eigenvalue weighted by molar-refractivity contribution is 0.228. The third-order valence-corrected chi connectivity index (χ3v) is 2.93. The maximum Gasteiger partial charge on any atom is 0.123 e. The van der Waals surface area contributed by atoms with E-state index >= 15 is 0 Å². The zero-order valence-electron chi connectivity index (χ0n) is 9.21. The first kappa shape index (κ1) is 11.7. The number of fused-ring (bicyclic) bond motifs is 1. The van der Waals surface area contributed by atoms with Gasteiger partial charge in [0.2, 0.25) is 0 Å². The van der Waals surface area contributed by atoms with Crippen molar-refractivity contribution in [1.29, 1.82) is 0 Å². The quantitative estimate of drug-likeness (QED) is 0.769. The van der Waals surface area contributed by atoms with Gasteiger partial charge in [-0.05, 0) is 43.3 Å². The number of halogens is 1. The lowest BCUT2D eigenvalue weighted by Gasteiger charge is -2.11. The lowest BCUT2D eigenvalue weighted by Crippen LogP contribution is -2.31. The molecule has 0 saturated heterocycles. The second kappa shape index (κ2) is 5.53. The first-order chi connectivity index (χ1) is 7.79. The third-order valence-electron chi connectivity index (χ3n) is 2.69. The predicted molar refractivity (Wildman–Crippen MR) is 66.1 cm³/mol. The zero-order chi connectivity index (χ0) is 11.4. The monoisotopic (exact) mass is 240 g/mol. The Labute approximate surface area is 101 Å². The van der Waals surface area contributed by atoms with E-state index in [2.05, 4.69) is 5.32 Å². The van der Waals surface area contributed by atoms with Gasteiger partial charge < -0.3 is 15.8 Å². The summed E-state index contributed by atoms with van der Waals surface area (Å²) in [7, 11) is 0. The van der Waals surface area contributed by atoms with E-state index in [1.54, 1.807) is 0 Å². The fourth-order valence-corrected chi connectivity index (χ4v) is 2.09. The second-order valence-corrected chi connectivity index (χ2v) is 4.48. The van der Waals surface area contributed by atoms with Crippen LogP contribution in [0.15, 0.2) is 18.2 Å².